The number of allylic oxidation sites excluding steroid dienone is 2. The van der Waals surface area contributed by atoms with E-state index in [1.165, 1.54) is 4.57 Å². The Morgan fingerprint density at radius 1 is 1.09 bits per heavy atom. The number of hydrogen-bond acceptors (Lipinski definition) is 4. The van der Waals surface area contributed by atoms with Crippen LogP contribution in [-0.4, -0.2) is 20.7 Å². The first-order chi connectivity index (χ1) is 10.6. The lowest BCUT2D eigenvalue weighted by molar-refractivity contribution is 0.0535. The Kier molecular flexibility index (Phi) is 2.02. The number of benzene rings is 1. The van der Waals surface area contributed by atoms with Crippen LogP contribution in [0.2, 0.25) is 0 Å². The van der Waals surface area contributed by atoms with E-state index in [0.717, 1.165) is 23.1 Å². The van der Waals surface area contributed by atoms with E-state index in [1.807, 2.05) is 0 Å². The Labute approximate surface area is 126 Å². The van der Waals surface area contributed by atoms with Crippen LogP contribution in [0.4, 0.5) is 0 Å². The molecule has 5 heteroatoms. The van der Waals surface area contributed by atoms with E-state index in [1.54, 1.807) is 18.2 Å². The highest BCUT2D eigenvalue weighted by molar-refractivity contribution is 5.93. The molecular formula is C17H13NO4. The summed E-state index contributed by atoms with van der Waals surface area (Å²) in [6.45, 7) is 0.233. The van der Waals surface area contributed by atoms with Gasteiger partial charge >= 0.3 is 5.97 Å². The van der Waals surface area contributed by atoms with Gasteiger partial charge in [-0.25, -0.2) is 4.79 Å². The maximum Gasteiger partial charge on any atom is 0.338 e. The van der Waals surface area contributed by atoms with Crippen LogP contribution in [0, 0.1) is 0 Å². The maximum absolute atomic E-state index is 11.5. The normalized spacial score (nSPS) is 23.7. The zero-order valence-corrected chi connectivity index (χ0v) is 11.6. The lowest BCUT2D eigenvalue weighted by atomic mass is 10.0. The van der Waals surface area contributed by atoms with Crippen LogP contribution in [0.15, 0.2) is 30.4 Å². The van der Waals surface area contributed by atoms with Gasteiger partial charge in [-0.1, -0.05) is 12.2 Å². The summed E-state index contributed by atoms with van der Waals surface area (Å²) >= 11 is 0. The molecule has 1 aliphatic heterocycles. The molecule has 1 aromatic heterocycles. The van der Waals surface area contributed by atoms with Gasteiger partial charge in [-0.05, 0) is 24.6 Å². The smallest absolute Gasteiger partial charge is 0.338 e. The molecule has 2 unspecified atom stereocenters. The van der Waals surface area contributed by atoms with E-state index in [0.29, 0.717) is 11.3 Å². The fourth-order valence-corrected chi connectivity index (χ4v) is 3.94. The molecule has 0 saturated carbocycles. The minimum atomic E-state index is -0.327. The third-order valence-electron chi connectivity index (χ3n) is 4.95. The highest BCUT2D eigenvalue weighted by Crippen LogP contribution is 2.57. The number of esters is 1. The number of ether oxygens (including phenoxy) is 1. The molecule has 2 aromatic rings. The second-order valence-electron chi connectivity index (χ2n) is 6.06. The molecule has 3 aliphatic rings. The summed E-state index contributed by atoms with van der Waals surface area (Å²) in [5, 5.41) is 21.2. The number of nitrogens with zero attached hydrogens (tertiary/aromatic N) is 1. The maximum atomic E-state index is 11.5. The van der Waals surface area contributed by atoms with Crippen molar-refractivity contribution in [3.05, 3.63) is 52.6 Å². The Hall–Kier alpha value is -2.69. The zero-order chi connectivity index (χ0) is 15.0. The Bertz CT molecular complexity index is 842. The molecule has 2 atom stereocenters. The topological polar surface area (TPSA) is 71.7 Å². The lowest BCUT2D eigenvalue weighted by Crippen LogP contribution is -1.98. The van der Waals surface area contributed by atoms with E-state index >= 15 is 0 Å². The van der Waals surface area contributed by atoms with Crippen molar-refractivity contribution < 1.29 is 19.7 Å². The molecule has 0 fully saturated rings. The summed E-state index contributed by atoms with van der Waals surface area (Å²) in [5.41, 5.74) is 3.62. The first kappa shape index (κ1) is 11.9. The van der Waals surface area contributed by atoms with Crippen molar-refractivity contribution in [2.45, 2.75) is 24.9 Å². The molecular weight excluding hydrogens is 282 g/mol. The lowest BCUT2D eigenvalue weighted by Gasteiger charge is -2.10. The molecule has 5 nitrogen and oxygen atoms in total. The van der Waals surface area contributed by atoms with Crippen molar-refractivity contribution in [2.24, 2.45) is 0 Å². The van der Waals surface area contributed by atoms with Crippen LogP contribution in [0.1, 0.15) is 45.3 Å². The molecule has 0 amide bonds. The zero-order valence-electron chi connectivity index (χ0n) is 11.6. The van der Waals surface area contributed by atoms with E-state index in [9.17, 15) is 15.0 Å². The summed E-state index contributed by atoms with van der Waals surface area (Å²) in [6.07, 6.45) is 5.11. The Balaban J connectivity index is 1.71. The molecule has 0 spiro atoms. The second-order valence-corrected chi connectivity index (χ2v) is 6.06. The number of aromatic nitrogens is 1. The summed E-state index contributed by atoms with van der Waals surface area (Å²) in [5.74, 6) is 0.231. The predicted octanol–water partition coefficient (Wildman–Crippen LogP) is 2.70. The quantitative estimate of drug-likeness (QED) is 0.627. The fourth-order valence-electron chi connectivity index (χ4n) is 3.94. The van der Waals surface area contributed by atoms with Gasteiger partial charge in [0, 0.05) is 28.5 Å². The van der Waals surface area contributed by atoms with Gasteiger partial charge < -0.3 is 14.9 Å². The van der Waals surface area contributed by atoms with Gasteiger partial charge in [0.1, 0.15) is 6.61 Å². The number of carbonyl (C=O) groups excluding carboxylic acids is 1. The van der Waals surface area contributed by atoms with Crippen LogP contribution >= 0.6 is 0 Å². The first-order valence-corrected chi connectivity index (χ1v) is 7.30. The van der Waals surface area contributed by atoms with Gasteiger partial charge in [-0.15, -0.1) is 0 Å². The van der Waals surface area contributed by atoms with Crippen LogP contribution in [0.5, 0.6) is 11.8 Å². The van der Waals surface area contributed by atoms with Gasteiger partial charge in [0.15, 0.2) is 0 Å². The van der Waals surface area contributed by atoms with Gasteiger partial charge in [-0.3, -0.25) is 4.57 Å². The minimum Gasteiger partial charge on any atom is -0.494 e. The summed E-state index contributed by atoms with van der Waals surface area (Å²) < 4.78 is 6.46. The van der Waals surface area contributed by atoms with E-state index < -0.39 is 0 Å². The third-order valence-corrected chi connectivity index (χ3v) is 4.95. The van der Waals surface area contributed by atoms with E-state index in [4.69, 9.17) is 4.74 Å². The number of cyclic esters (lactones) is 1. The van der Waals surface area contributed by atoms with Crippen molar-refractivity contribution in [1.29, 1.82) is 0 Å². The monoisotopic (exact) mass is 295 g/mol. The molecule has 1 aromatic carbocycles. The van der Waals surface area contributed by atoms with Crippen molar-refractivity contribution in [1.82, 2.24) is 4.57 Å². The van der Waals surface area contributed by atoms with Gasteiger partial charge in [-0.2, -0.15) is 0 Å². The number of carbonyl (C=O) groups is 1. The van der Waals surface area contributed by atoms with Crippen molar-refractivity contribution in [3.8, 4) is 17.4 Å². The summed E-state index contributed by atoms with van der Waals surface area (Å²) in [4.78, 5) is 11.5. The van der Waals surface area contributed by atoms with Crippen molar-refractivity contribution in [2.75, 3.05) is 0 Å². The number of fused-ring (bicyclic) bond motifs is 6. The van der Waals surface area contributed by atoms with Crippen LogP contribution in [-0.2, 0) is 11.3 Å². The van der Waals surface area contributed by atoms with Gasteiger partial charge in [0.2, 0.25) is 11.8 Å². The fraction of sp³-hybridized carbons (Fsp3) is 0.235. The molecule has 2 heterocycles. The highest BCUT2D eigenvalue weighted by atomic mass is 16.5. The average Bonchev–Trinajstić information content (AvgIpc) is 3.24. The predicted molar refractivity (Wildman–Crippen MR) is 77.5 cm³/mol. The molecule has 22 heavy (non-hydrogen) atoms. The second kappa shape index (κ2) is 3.74. The molecule has 110 valence electrons. The highest BCUT2D eigenvalue weighted by Gasteiger charge is 2.41. The number of hydrogen-bond donors (Lipinski definition) is 2. The first-order valence-electron chi connectivity index (χ1n) is 7.30. The average molecular weight is 295 g/mol. The summed E-state index contributed by atoms with van der Waals surface area (Å²) in [6, 6.07) is 5.18. The van der Waals surface area contributed by atoms with Crippen LogP contribution in [0.25, 0.3) is 5.69 Å². The Morgan fingerprint density at radius 3 is 2.45 bits per heavy atom. The molecule has 0 radical (unpaired) electrons. The van der Waals surface area contributed by atoms with Gasteiger partial charge in [0.05, 0.1) is 11.3 Å². The Morgan fingerprint density at radius 2 is 1.77 bits per heavy atom. The van der Waals surface area contributed by atoms with Crippen LogP contribution < -0.4 is 0 Å². The third kappa shape index (κ3) is 1.27. The van der Waals surface area contributed by atoms with E-state index in [-0.39, 0.29) is 36.2 Å². The molecule has 2 N–H and O–H groups in total. The van der Waals surface area contributed by atoms with Crippen molar-refractivity contribution in [3.63, 3.8) is 0 Å². The SMILES string of the molecule is O=C1OCc2cc(-n3c(O)c4c(c3O)C3C=CC4C3)ccc21. The molecule has 0 saturated heterocycles. The molecule has 2 bridgehead atoms. The van der Waals surface area contributed by atoms with Crippen molar-refractivity contribution >= 4 is 5.97 Å². The van der Waals surface area contributed by atoms with Crippen LogP contribution in [0.3, 0.4) is 0 Å². The number of rotatable bonds is 1. The summed E-state index contributed by atoms with van der Waals surface area (Å²) in [7, 11) is 0. The molecule has 5 rings (SSSR count). The van der Waals surface area contributed by atoms with E-state index in [2.05, 4.69) is 12.2 Å². The standard InChI is InChI=1S/C17H13NO4/c19-15-13-8-1-2-9(5-8)14(13)16(20)18(15)11-3-4-12-10(6-11)7-22-17(12)21/h1-4,6,8-9,19-20H,5,7H2. The molecule has 2 aliphatic carbocycles. The number of aromatic hydroxyl groups is 2. The van der Waals surface area contributed by atoms with Gasteiger partial charge in [0.25, 0.3) is 0 Å². The largest absolute Gasteiger partial charge is 0.494 e. The minimum absolute atomic E-state index is 0.0922.